The lowest BCUT2D eigenvalue weighted by Crippen LogP contribution is -2.40. The van der Waals surface area contributed by atoms with Gasteiger partial charge in [-0.1, -0.05) is 36.0 Å². The number of rotatable bonds is 8. The smallest absolute Gasteiger partial charge is 0.245 e. The molecule has 1 aromatic carbocycles. The van der Waals surface area contributed by atoms with Gasteiger partial charge in [-0.25, -0.2) is 13.1 Å². The first-order valence-corrected chi connectivity index (χ1v) is 10.1. The Morgan fingerprint density at radius 3 is 2.38 bits per heavy atom. The second-order valence-corrected chi connectivity index (χ2v) is 8.15. The summed E-state index contributed by atoms with van der Waals surface area (Å²) >= 11 is 1.25. The van der Waals surface area contributed by atoms with E-state index in [0.29, 0.717) is 11.6 Å². The number of nitrogens with zero attached hydrogens (tertiary/aromatic N) is 2. The van der Waals surface area contributed by atoms with E-state index in [1.54, 1.807) is 12.1 Å². The quantitative estimate of drug-likeness (QED) is 0.593. The molecule has 0 aliphatic rings. The molecule has 0 bridgehead atoms. The van der Waals surface area contributed by atoms with E-state index in [9.17, 15) is 18.0 Å². The Labute approximate surface area is 155 Å². The van der Waals surface area contributed by atoms with Crippen molar-refractivity contribution in [1.29, 1.82) is 0 Å². The highest BCUT2D eigenvalue weighted by Gasteiger charge is 2.16. The van der Waals surface area contributed by atoms with Crippen molar-refractivity contribution in [2.75, 3.05) is 18.4 Å². The minimum absolute atomic E-state index is 0.0663. The van der Waals surface area contributed by atoms with E-state index in [1.165, 1.54) is 23.5 Å². The fourth-order valence-corrected chi connectivity index (χ4v) is 3.49. The van der Waals surface area contributed by atoms with Crippen molar-refractivity contribution in [2.24, 2.45) is 0 Å². The van der Waals surface area contributed by atoms with Gasteiger partial charge in [0, 0.05) is 0 Å². The van der Waals surface area contributed by atoms with Crippen LogP contribution in [-0.4, -0.2) is 43.5 Å². The first-order valence-electron chi connectivity index (χ1n) is 7.75. The standard InChI is InChI=1S/C15H19N5O4S2/c1-3-14-19-20-15(25-14)18-13(22)8-16-12(21)9-17-26(23,24)11-6-4-10(2)5-7-11/h4-7,17H,3,8-9H2,1-2H3,(H,16,21)(H,18,20,22). The molecular weight excluding hydrogens is 378 g/mol. The Morgan fingerprint density at radius 2 is 1.77 bits per heavy atom. The number of amides is 2. The summed E-state index contributed by atoms with van der Waals surface area (Å²) < 4.78 is 26.3. The summed E-state index contributed by atoms with van der Waals surface area (Å²) in [4.78, 5) is 23.5. The first kappa shape index (κ1) is 19.9. The van der Waals surface area contributed by atoms with Gasteiger partial charge in [0.2, 0.25) is 27.0 Å². The third-order valence-corrected chi connectivity index (χ3v) is 5.62. The molecule has 2 aromatic rings. The van der Waals surface area contributed by atoms with Gasteiger partial charge in [-0.2, -0.15) is 0 Å². The maximum atomic E-state index is 12.1. The molecule has 0 saturated carbocycles. The van der Waals surface area contributed by atoms with Crippen LogP contribution in [0.15, 0.2) is 29.2 Å². The molecule has 140 valence electrons. The largest absolute Gasteiger partial charge is 0.346 e. The van der Waals surface area contributed by atoms with Gasteiger partial charge in [-0.3, -0.25) is 14.9 Å². The van der Waals surface area contributed by atoms with Crippen molar-refractivity contribution in [1.82, 2.24) is 20.2 Å². The number of aromatic nitrogens is 2. The Bertz CT molecular complexity index is 878. The lowest BCUT2D eigenvalue weighted by atomic mass is 10.2. The van der Waals surface area contributed by atoms with Gasteiger partial charge in [-0.05, 0) is 25.5 Å². The number of sulfonamides is 1. The fraction of sp³-hybridized carbons (Fsp3) is 0.333. The van der Waals surface area contributed by atoms with Gasteiger partial charge in [0.1, 0.15) is 5.01 Å². The van der Waals surface area contributed by atoms with Crippen molar-refractivity contribution in [3.8, 4) is 0 Å². The summed E-state index contributed by atoms with van der Waals surface area (Å²) in [6.45, 7) is 2.99. The van der Waals surface area contributed by atoms with Crippen LogP contribution >= 0.6 is 11.3 Å². The molecule has 0 atom stereocenters. The van der Waals surface area contributed by atoms with Crippen LogP contribution in [0.2, 0.25) is 0 Å². The van der Waals surface area contributed by atoms with Crippen LogP contribution < -0.4 is 15.4 Å². The van der Waals surface area contributed by atoms with Gasteiger partial charge in [0.15, 0.2) is 0 Å². The van der Waals surface area contributed by atoms with Crippen LogP contribution in [0.1, 0.15) is 17.5 Å². The summed E-state index contributed by atoms with van der Waals surface area (Å²) in [7, 11) is -3.79. The molecule has 0 unspecified atom stereocenters. The molecule has 0 aliphatic heterocycles. The van der Waals surface area contributed by atoms with Gasteiger partial charge in [-0.15, -0.1) is 10.2 Å². The maximum Gasteiger partial charge on any atom is 0.245 e. The summed E-state index contributed by atoms with van der Waals surface area (Å²) in [6, 6.07) is 6.23. The Kier molecular flexibility index (Phi) is 6.77. The molecule has 3 N–H and O–H groups in total. The molecule has 0 aliphatic carbocycles. The summed E-state index contributed by atoms with van der Waals surface area (Å²) in [6.07, 6.45) is 0.714. The number of hydrogen-bond donors (Lipinski definition) is 3. The lowest BCUT2D eigenvalue weighted by molar-refractivity contribution is -0.123. The maximum absolute atomic E-state index is 12.1. The molecule has 1 heterocycles. The van der Waals surface area contributed by atoms with Crippen LogP contribution in [0.4, 0.5) is 5.13 Å². The number of nitrogens with one attached hydrogen (secondary N) is 3. The van der Waals surface area contributed by atoms with E-state index in [4.69, 9.17) is 0 Å². The molecule has 0 spiro atoms. The number of anilines is 1. The number of carbonyl (C=O) groups is 2. The Morgan fingerprint density at radius 1 is 1.08 bits per heavy atom. The molecule has 2 rings (SSSR count). The van der Waals surface area contributed by atoms with Crippen molar-refractivity contribution < 1.29 is 18.0 Å². The molecule has 0 saturated heterocycles. The second kappa shape index (κ2) is 8.83. The van der Waals surface area contributed by atoms with Crippen LogP contribution in [0.5, 0.6) is 0 Å². The predicted octanol–water partition coefficient (Wildman–Crippen LogP) is 0.442. The number of aryl methyl sites for hydroxylation is 2. The van der Waals surface area contributed by atoms with Crippen LogP contribution in [0.25, 0.3) is 0 Å². The fourth-order valence-electron chi connectivity index (χ4n) is 1.81. The zero-order chi connectivity index (χ0) is 19.2. The molecule has 2 amide bonds. The van der Waals surface area contributed by atoms with E-state index >= 15 is 0 Å². The molecule has 0 radical (unpaired) electrons. The van der Waals surface area contributed by atoms with E-state index < -0.39 is 28.4 Å². The second-order valence-electron chi connectivity index (χ2n) is 5.32. The number of hydrogen-bond acceptors (Lipinski definition) is 7. The first-order chi connectivity index (χ1) is 12.3. The molecule has 11 heteroatoms. The zero-order valence-electron chi connectivity index (χ0n) is 14.3. The SMILES string of the molecule is CCc1nnc(NC(=O)CNC(=O)CNS(=O)(=O)c2ccc(C)cc2)s1. The molecule has 26 heavy (non-hydrogen) atoms. The van der Waals surface area contributed by atoms with E-state index in [1.807, 2.05) is 13.8 Å². The highest BCUT2D eigenvalue weighted by atomic mass is 32.2. The minimum atomic E-state index is -3.79. The number of benzene rings is 1. The zero-order valence-corrected chi connectivity index (χ0v) is 15.9. The third kappa shape index (κ3) is 5.86. The Balaban J connectivity index is 1.77. The average Bonchev–Trinajstić information content (AvgIpc) is 3.06. The van der Waals surface area contributed by atoms with Gasteiger partial charge >= 0.3 is 0 Å². The van der Waals surface area contributed by atoms with Crippen molar-refractivity contribution in [3.05, 3.63) is 34.8 Å². The van der Waals surface area contributed by atoms with Crippen LogP contribution in [-0.2, 0) is 26.0 Å². The predicted molar refractivity (Wildman–Crippen MR) is 97.3 cm³/mol. The van der Waals surface area contributed by atoms with Gasteiger partial charge in [0.05, 0.1) is 18.0 Å². The normalized spacial score (nSPS) is 11.2. The van der Waals surface area contributed by atoms with Crippen molar-refractivity contribution in [3.63, 3.8) is 0 Å². The summed E-state index contributed by atoms with van der Waals surface area (Å²) in [5.74, 6) is -1.10. The lowest BCUT2D eigenvalue weighted by Gasteiger charge is -2.08. The highest BCUT2D eigenvalue weighted by Crippen LogP contribution is 2.14. The topological polar surface area (TPSA) is 130 Å². The van der Waals surface area contributed by atoms with E-state index in [0.717, 1.165) is 10.6 Å². The highest BCUT2D eigenvalue weighted by molar-refractivity contribution is 7.89. The summed E-state index contributed by atoms with van der Waals surface area (Å²) in [5, 5.41) is 13.6. The van der Waals surface area contributed by atoms with Crippen LogP contribution in [0.3, 0.4) is 0 Å². The van der Waals surface area contributed by atoms with Crippen molar-refractivity contribution >= 4 is 38.3 Å². The third-order valence-electron chi connectivity index (χ3n) is 3.22. The molecule has 0 fully saturated rings. The molecule has 9 nitrogen and oxygen atoms in total. The van der Waals surface area contributed by atoms with Crippen LogP contribution in [0, 0.1) is 6.92 Å². The average molecular weight is 397 g/mol. The molecule has 1 aromatic heterocycles. The minimum Gasteiger partial charge on any atom is -0.346 e. The van der Waals surface area contributed by atoms with Gasteiger partial charge < -0.3 is 5.32 Å². The van der Waals surface area contributed by atoms with Gasteiger partial charge in [0.25, 0.3) is 0 Å². The number of carbonyl (C=O) groups excluding carboxylic acids is 2. The monoisotopic (exact) mass is 397 g/mol. The molecular formula is C15H19N5O4S2. The Hall–Kier alpha value is -2.37. The van der Waals surface area contributed by atoms with E-state index in [-0.39, 0.29) is 11.4 Å². The van der Waals surface area contributed by atoms with E-state index in [2.05, 4.69) is 25.6 Å². The van der Waals surface area contributed by atoms with Crippen molar-refractivity contribution in [2.45, 2.75) is 25.2 Å². The summed E-state index contributed by atoms with van der Waals surface area (Å²) in [5.41, 5.74) is 0.925.